The van der Waals surface area contributed by atoms with Crippen LogP contribution in [0.1, 0.15) is 43.9 Å². The Hall–Kier alpha value is -2.61. The summed E-state index contributed by atoms with van der Waals surface area (Å²) < 4.78 is 12.5. The Morgan fingerprint density at radius 2 is 2.12 bits per heavy atom. The van der Waals surface area contributed by atoms with Crippen LogP contribution in [0.25, 0.3) is 0 Å². The highest BCUT2D eigenvalue weighted by Gasteiger charge is 2.34. The largest absolute Gasteiger partial charge is 0.478 e. The molecule has 1 fully saturated rings. The SMILES string of the molecule is Cc1nn(C)c(C)c1[C@H]1COCCN1C(=O)c1cc(C(=O)O)co1. The third-order valence-corrected chi connectivity index (χ3v) is 4.34. The van der Waals surface area contributed by atoms with Gasteiger partial charge in [-0.2, -0.15) is 5.10 Å². The normalized spacial score (nSPS) is 18.0. The predicted octanol–water partition coefficient (Wildman–Crippen LogP) is 1.54. The summed E-state index contributed by atoms with van der Waals surface area (Å²) in [5.41, 5.74) is 2.72. The fourth-order valence-electron chi connectivity index (χ4n) is 3.06. The van der Waals surface area contributed by atoms with Crippen molar-refractivity contribution >= 4 is 11.9 Å². The highest BCUT2D eigenvalue weighted by atomic mass is 16.5. The summed E-state index contributed by atoms with van der Waals surface area (Å²) in [4.78, 5) is 25.4. The summed E-state index contributed by atoms with van der Waals surface area (Å²) in [5.74, 6) is -1.47. The molecule has 3 rings (SSSR count). The van der Waals surface area contributed by atoms with Crippen molar-refractivity contribution in [3.8, 4) is 0 Å². The standard InChI is InChI=1S/C16H19N3O5/c1-9-14(10(2)18(3)17-9)12-8-23-5-4-19(12)15(20)13-6-11(7-24-13)16(21)22/h6-7,12H,4-5,8H2,1-3H3,(H,21,22)/t12-/m1/s1. The van der Waals surface area contributed by atoms with E-state index in [-0.39, 0.29) is 23.3 Å². The summed E-state index contributed by atoms with van der Waals surface area (Å²) in [6.45, 7) is 5.04. The summed E-state index contributed by atoms with van der Waals surface area (Å²) in [7, 11) is 1.85. The van der Waals surface area contributed by atoms with Crippen LogP contribution in [0.2, 0.25) is 0 Å². The van der Waals surface area contributed by atoms with Gasteiger partial charge < -0.3 is 19.2 Å². The molecule has 0 spiro atoms. The molecule has 0 radical (unpaired) electrons. The van der Waals surface area contributed by atoms with E-state index in [2.05, 4.69) is 5.10 Å². The van der Waals surface area contributed by atoms with Crippen molar-refractivity contribution in [3.05, 3.63) is 40.6 Å². The van der Waals surface area contributed by atoms with Crippen LogP contribution in [0, 0.1) is 13.8 Å². The minimum atomic E-state index is -1.13. The van der Waals surface area contributed by atoms with E-state index in [1.165, 1.54) is 6.07 Å². The first kappa shape index (κ1) is 16.3. The lowest BCUT2D eigenvalue weighted by Crippen LogP contribution is -2.43. The molecule has 8 heteroatoms. The maximum absolute atomic E-state index is 12.8. The van der Waals surface area contributed by atoms with Crippen molar-refractivity contribution in [2.24, 2.45) is 7.05 Å². The summed E-state index contributed by atoms with van der Waals surface area (Å²) in [6, 6.07) is 0.971. The molecular weight excluding hydrogens is 314 g/mol. The number of aromatic carboxylic acids is 1. The molecule has 2 aromatic rings. The molecule has 0 bridgehead atoms. The van der Waals surface area contributed by atoms with E-state index in [0.29, 0.717) is 19.8 Å². The number of hydrogen-bond acceptors (Lipinski definition) is 5. The van der Waals surface area contributed by atoms with Gasteiger partial charge in [0, 0.05) is 30.9 Å². The Bertz CT molecular complexity index is 792. The summed E-state index contributed by atoms with van der Waals surface area (Å²) in [6.07, 6.45) is 1.07. The maximum atomic E-state index is 12.8. The van der Waals surface area contributed by atoms with Gasteiger partial charge in [0.1, 0.15) is 6.26 Å². The fourth-order valence-corrected chi connectivity index (χ4v) is 3.06. The van der Waals surface area contributed by atoms with Crippen molar-refractivity contribution in [2.75, 3.05) is 19.8 Å². The predicted molar refractivity (Wildman–Crippen MR) is 82.9 cm³/mol. The van der Waals surface area contributed by atoms with Crippen LogP contribution in [0.3, 0.4) is 0 Å². The number of aryl methyl sites for hydroxylation is 2. The first-order chi connectivity index (χ1) is 11.4. The average Bonchev–Trinajstić information content (AvgIpc) is 3.13. The number of furan rings is 1. The van der Waals surface area contributed by atoms with Crippen LogP contribution in [0.15, 0.2) is 16.7 Å². The van der Waals surface area contributed by atoms with Gasteiger partial charge >= 0.3 is 5.97 Å². The quantitative estimate of drug-likeness (QED) is 0.915. The highest BCUT2D eigenvalue weighted by molar-refractivity contribution is 5.95. The molecule has 0 saturated carbocycles. The van der Waals surface area contributed by atoms with Crippen molar-refractivity contribution in [1.29, 1.82) is 0 Å². The molecule has 1 atom stereocenters. The first-order valence-corrected chi connectivity index (χ1v) is 7.60. The van der Waals surface area contributed by atoms with Gasteiger partial charge in [0.25, 0.3) is 5.91 Å². The average molecular weight is 333 g/mol. The van der Waals surface area contributed by atoms with Gasteiger partial charge in [-0.1, -0.05) is 0 Å². The molecule has 0 aliphatic carbocycles. The molecule has 1 N–H and O–H groups in total. The smallest absolute Gasteiger partial charge is 0.338 e. The molecule has 128 valence electrons. The zero-order valence-electron chi connectivity index (χ0n) is 13.8. The van der Waals surface area contributed by atoms with Crippen molar-refractivity contribution in [1.82, 2.24) is 14.7 Å². The monoisotopic (exact) mass is 333 g/mol. The molecule has 0 aromatic carbocycles. The number of morpholine rings is 1. The van der Waals surface area contributed by atoms with E-state index in [1.54, 1.807) is 9.58 Å². The molecule has 1 saturated heterocycles. The minimum absolute atomic E-state index is 0.0125. The number of aromatic nitrogens is 2. The van der Waals surface area contributed by atoms with E-state index in [1.807, 2.05) is 20.9 Å². The van der Waals surface area contributed by atoms with Gasteiger partial charge in [-0.25, -0.2) is 4.79 Å². The van der Waals surface area contributed by atoms with Crippen LogP contribution < -0.4 is 0 Å². The number of rotatable bonds is 3. The second-order valence-electron chi connectivity index (χ2n) is 5.80. The first-order valence-electron chi connectivity index (χ1n) is 7.60. The molecular formula is C16H19N3O5. The number of ether oxygens (including phenoxy) is 1. The van der Waals surface area contributed by atoms with Gasteiger partial charge in [0.05, 0.1) is 30.5 Å². The second-order valence-corrected chi connectivity index (χ2v) is 5.80. The van der Waals surface area contributed by atoms with E-state index in [9.17, 15) is 9.59 Å². The van der Waals surface area contributed by atoms with E-state index in [0.717, 1.165) is 23.2 Å². The fraction of sp³-hybridized carbons (Fsp3) is 0.438. The van der Waals surface area contributed by atoms with Crippen LogP contribution in [0.4, 0.5) is 0 Å². The number of hydrogen-bond donors (Lipinski definition) is 1. The third kappa shape index (κ3) is 2.69. The molecule has 1 amide bonds. The van der Waals surface area contributed by atoms with Crippen molar-refractivity contribution in [3.63, 3.8) is 0 Å². The summed E-state index contributed by atoms with van der Waals surface area (Å²) in [5, 5.41) is 13.4. The Kier molecular flexibility index (Phi) is 4.15. The zero-order chi connectivity index (χ0) is 17.4. The topological polar surface area (TPSA) is 97.8 Å². The number of carbonyl (C=O) groups is 2. The Morgan fingerprint density at radius 3 is 2.71 bits per heavy atom. The number of nitrogens with zero attached hydrogens (tertiary/aromatic N) is 3. The summed E-state index contributed by atoms with van der Waals surface area (Å²) >= 11 is 0. The molecule has 0 unspecified atom stereocenters. The van der Waals surface area contributed by atoms with Crippen LogP contribution in [-0.4, -0.2) is 51.4 Å². The van der Waals surface area contributed by atoms with Gasteiger partial charge in [0.15, 0.2) is 5.76 Å². The minimum Gasteiger partial charge on any atom is -0.478 e. The molecule has 8 nitrogen and oxygen atoms in total. The molecule has 2 aromatic heterocycles. The molecule has 1 aliphatic rings. The van der Waals surface area contributed by atoms with Crippen molar-refractivity contribution < 1.29 is 23.8 Å². The third-order valence-electron chi connectivity index (χ3n) is 4.34. The number of carboxylic acids is 1. The van der Waals surface area contributed by atoms with Gasteiger partial charge in [0.2, 0.25) is 0 Å². The van der Waals surface area contributed by atoms with Crippen LogP contribution in [0.5, 0.6) is 0 Å². The van der Waals surface area contributed by atoms with E-state index in [4.69, 9.17) is 14.3 Å². The zero-order valence-corrected chi connectivity index (χ0v) is 13.8. The van der Waals surface area contributed by atoms with E-state index < -0.39 is 5.97 Å². The lowest BCUT2D eigenvalue weighted by molar-refractivity contribution is -0.00460. The van der Waals surface area contributed by atoms with Crippen LogP contribution in [-0.2, 0) is 11.8 Å². The van der Waals surface area contributed by atoms with Crippen molar-refractivity contribution in [2.45, 2.75) is 19.9 Å². The molecule has 1 aliphatic heterocycles. The Morgan fingerprint density at radius 1 is 1.38 bits per heavy atom. The second kappa shape index (κ2) is 6.12. The highest BCUT2D eigenvalue weighted by Crippen LogP contribution is 2.30. The lowest BCUT2D eigenvalue weighted by Gasteiger charge is -2.35. The molecule has 24 heavy (non-hydrogen) atoms. The van der Waals surface area contributed by atoms with Crippen LogP contribution >= 0.6 is 0 Å². The number of amides is 1. The van der Waals surface area contributed by atoms with Gasteiger partial charge in [-0.3, -0.25) is 9.48 Å². The number of carbonyl (C=O) groups excluding carboxylic acids is 1. The van der Waals surface area contributed by atoms with Gasteiger partial charge in [-0.15, -0.1) is 0 Å². The Labute approximate surface area is 138 Å². The van der Waals surface area contributed by atoms with E-state index >= 15 is 0 Å². The Balaban J connectivity index is 1.94. The lowest BCUT2D eigenvalue weighted by atomic mass is 10.0. The maximum Gasteiger partial charge on any atom is 0.338 e. The van der Waals surface area contributed by atoms with Gasteiger partial charge in [-0.05, 0) is 13.8 Å². The molecule has 3 heterocycles. The number of carboxylic acid groups (broad SMARTS) is 1.